The number of esters is 1. The maximum Gasteiger partial charge on any atom is 0.361 e. The van der Waals surface area contributed by atoms with Gasteiger partial charge in [-0.05, 0) is 81.8 Å². The Bertz CT molecular complexity index is 2590. The van der Waals surface area contributed by atoms with Crippen LogP contribution in [0.2, 0.25) is 0 Å². The summed E-state index contributed by atoms with van der Waals surface area (Å²) in [6, 6.07) is 37.2. The fourth-order valence-corrected chi connectivity index (χ4v) is 7.64. The van der Waals surface area contributed by atoms with E-state index in [1.54, 1.807) is 25.2 Å². The predicted molar refractivity (Wildman–Crippen MR) is 218 cm³/mol. The van der Waals surface area contributed by atoms with Crippen molar-refractivity contribution in [2.24, 2.45) is 0 Å². The topological polar surface area (TPSA) is 142 Å². The molecular weight excluding hydrogens is 755 g/mol. The number of hydrogen-bond acceptors (Lipinski definition) is 11. The van der Waals surface area contributed by atoms with Crippen LogP contribution in [0.15, 0.2) is 121 Å². The van der Waals surface area contributed by atoms with Crippen molar-refractivity contribution >= 4 is 13.6 Å². The summed E-state index contributed by atoms with van der Waals surface area (Å²) in [6.07, 6.45) is 2.47. The number of aromatic nitrogens is 6. The van der Waals surface area contributed by atoms with Gasteiger partial charge in [-0.15, -0.1) is 5.10 Å². The number of ether oxygens (including phenoxy) is 3. The van der Waals surface area contributed by atoms with Crippen molar-refractivity contribution in [1.82, 2.24) is 30.0 Å². The Hall–Kier alpha value is -6.40. The van der Waals surface area contributed by atoms with Gasteiger partial charge in [0.1, 0.15) is 29.5 Å². The highest BCUT2D eigenvalue weighted by molar-refractivity contribution is 7.52. The minimum atomic E-state index is -3.40. The molecule has 58 heavy (non-hydrogen) atoms. The van der Waals surface area contributed by atoms with Crippen LogP contribution >= 0.6 is 7.60 Å². The van der Waals surface area contributed by atoms with E-state index in [4.69, 9.17) is 33.5 Å². The lowest BCUT2D eigenvalue weighted by Gasteiger charge is -2.14. The first-order chi connectivity index (χ1) is 28.2. The van der Waals surface area contributed by atoms with Crippen molar-refractivity contribution in [3.63, 3.8) is 0 Å². The molecule has 1 atom stereocenters. The number of rotatable bonds is 16. The molecule has 0 radical (unpaired) electrons. The molecule has 0 amide bonds. The molecule has 0 aliphatic heterocycles. The maximum absolute atomic E-state index is 13.6. The molecule has 5 aromatic carbocycles. The molecule has 2 aromatic heterocycles. The zero-order valence-corrected chi connectivity index (χ0v) is 33.2. The van der Waals surface area contributed by atoms with Gasteiger partial charge < -0.3 is 23.3 Å². The van der Waals surface area contributed by atoms with Crippen LogP contribution in [0.5, 0.6) is 11.5 Å². The van der Waals surface area contributed by atoms with E-state index in [1.807, 2.05) is 84.9 Å². The fraction of sp³-hybridized carbons (Fsp3) is 0.205. The molecule has 0 spiro atoms. The summed E-state index contributed by atoms with van der Waals surface area (Å²) in [5, 5.41) is 18.6. The Morgan fingerprint density at radius 2 is 1.29 bits per heavy atom. The minimum Gasteiger partial charge on any atom is -0.497 e. The number of nitrogens with zero attached hydrogens (tertiary/aromatic N) is 6. The highest BCUT2D eigenvalue weighted by Crippen LogP contribution is 2.44. The van der Waals surface area contributed by atoms with Crippen molar-refractivity contribution in [2.45, 2.75) is 26.1 Å². The number of benzene rings is 5. The first-order valence-electron chi connectivity index (χ1n) is 18.7. The van der Waals surface area contributed by atoms with Crippen molar-refractivity contribution in [1.29, 1.82) is 0 Å². The van der Waals surface area contributed by atoms with E-state index in [0.717, 1.165) is 67.3 Å². The van der Waals surface area contributed by atoms with Crippen LogP contribution in [0.25, 0.3) is 33.6 Å². The number of hydrogen-bond donors (Lipinski definition) is 0. The Morgan fingerprint density at radius 1 is 0.672 bits per heavy atom. The monoisotopic (exact) mass is 796 g/mol. The first-order valence-corrected chi connectivity index (χ1v) is 20.7. The Kier molecular flexibility index (Phi) is 11.3. The maximum atomic E-state index is 13.6. The van der Waals surface area contributed by atoms with Gasteiger partial charge in [-0.25, -0.2) is 4.79 Å². The third-order valence-electron chi connectivity index (χ3n) is 9.75. The van der Waals surface area contributed by atoms with Crippen LogP contribution in [0, 0.1) is 0 Å². The van der Waals surface area contributed by atoms with Crippen LogP contribution in [0.3, 0.4) is 0 Å². The van der Waals surface area contributed by atoms with Gasteiger partial charge in [-0.2, -0.15) is 24.9 Å². The molecule has 1 aliphatic carbocycles. The SMILES string of the molecule is COc1ccc(Cn2ncc(-c3ccc4c(c3)Cc3cc(-c5nn(Cc6ccc(OC)cc6)nc5C(=O)OCCOP(C)(=O)OCc5ccccc5)ccc3-4)n2)cc1. The lowest BCUT2D eigenvalue weighted by atomic mass is 10.0. The van der Waals surface area contributed by atoms with Crippen molar-refractivity contribution in [3.05, 3.63) is 155 Å². The molecule has 0 bridgehead atoms. The quantitative estimate of drug-likeness (QED) is 0.0532. The second-order valence-corrected chi connectivity index (χ2v) is 15.9. The van der Waals surface area contributed by atoms with Gasteiger partial charge in [0.25, 0.3) is 0 Å². The van der Waals surface area contributed by atoms with Crippen LogP contribution in [0.4, 0.5) is 0 Å². The molecule has 13 nitrogen and oxygen atoms in total. The molecule has 294 valence electrons. The van der Waals surface area contributed by atoms with Crippen molar-refractivity contribution in [3.8, 4) is 45.1 Å². The fourth-order valence-electron chi connectivity index (χ4n) is 6.77. The average Bonchev–Trinajstić information content (AvgIpc) is 3.99. The molecule has 7 aromatic rings. The van der Waals surface area contributed by atoms with Gasteiger partial charge in [0.15, 0.2) is 5.69 Å². The van der Waals surface area contributed by atoms with E-state index in [1.165, 1.54) is 11.5 Å². The second-order valence-electron chi connectivity index (χ2n) is 13.8. The largest absolute Gasteiger partial charge is 0.497 e. The van der Waals surface area contributed by atoms with Crippen LogP contribution in [0.1, 0.15) is 38.3 Å². The van der Waals surface area contributed by atoms with E-state index < -0.39 is 13.6 Å². The van der Waals surface area contributed by atoms with E-state index >= 15 is 0 Å². The Balaban J connectivity index is 0.977. The molecule has 8 rings (SSSR count). The van der Waals surface area contributed by atoms with Gasteiger partial charge in [-0.1, -0.05) is 78.9 Å². The molecule has 0 saturated carbocycles. The summed E-state index contributed by atoms with van der Waals surface area (Å²) in [5.74, 6) is 0.857. The van der Waals surface area contributed by atoms with Crippen LogP contribution in [-0.2, 0) is 44.5 Å². The molecule has 0 N–H and O–H groups in total. The summed E-state index contributed by atoms with van der Waals surface area (Å²) in [5.41, 5.74) is 10.3. The summed E-state index contributed by atoms with van der Waals surface area (Å²) in [6.45, 7) is 2.10. The molecular formula is C44H41N6O7P. The van der Waals surface area contributed by atoms with Crippen LogP contribution < -0.4 is 9.47 Å². The normalized spacial score (nSPS) is 12.7. The number of fused-ring (bicyclic) bond motifs is 3. The zero-order chi connectivity index (χ0) is 40.1. The number of carbonyl (C=O) groups excluding carboxylic acids is 1. The Morgan fingerprint density at radius 3 is 1.95 bits per heavy atom. The summed E-state index contributed by atoms with van der Waals surface area (Å²) in [7, 11) is -0.137. The summed E-state index contributed by atoms with van der Waals surface area (Å²) in [4.78, 5) is 16.8. The zero-order valence-electron chi connectivity index (χ0n) is 32.3. The third kappa shape index (κ3) is 8.92. The van der Waals surface area contributed by atoms with E-state index in [2.05, 4.69) is 40.5 Å². The number of methoxy groups -OCH3 is 2. The minimum absolute atomic E-state index is 0.0593. The lowest BCUT2D eigenvalue weighted by molar-refractivity contribution is 0.0429. The number of carbonyl (C=O) groups is 1. The molecule has 1 unspecified atom stereocenters. The average molecular weight is 797 g/mol. The summed E-state index contributed by atoms with van der Waals surface area (Å²) >= 11 is 0. The van der Waals surface area contributed by atoms with Crippen molar-refractivity contribution in [2.75, 3.05) is 34.1 Å². The molecule has 1 aliphatic rings. The Labute approximate surface area is 335 Å². The van der Waals surface area contributed by atoms with Gasteiger partial charge >= 0.3 is 13.6 Å². The molecule has 14 heteroatoms. The molecule has 0 saturated heterocycles. The predicted octanol–water partition coefficient (Wildman–Crippen LogP) is 8.10. The van der Waals surface area contributed by atoms with Crippen molar-refractivity contribution < 1.29 is 32.6 Å². The van der Waals surface area contributed by atoms with Crippen LogP contribution in [-0.4, -0.2) is 70.1 Å². The van der Waals surface area contributed by atoms with E-state index in [9.17, 15) is 9.36 Å². The van der Waals surface area contributed by atoms with E-state index in [0.29, 0.717) is 25.2 Å². The first kappa shape index (κ1) is 38.5. The highest BCUT2D eigenvalue weighted by Gasteiger charge is 2.26. The standard InChI is InChI=1S/C44H41N6O7P/c1-53-37-15-9-30(10-16-37)27-49-45-26-41(46-49)33-13-19-39-35(23-33)25-36-24-34(14-20-40(36)39)42-43(48-50(47-42)28-31-11-17-38(54-2)18-12-31)44(51)55-21-22-56-58(3,52)57-29-32-7-5-4-6-8-32/h4-20,23-24,26H,21-22,25,27-29H2,1-3H3. The second kappa shape index (κ2) is 17.0. The van der Waals surface area contributed by atoms with Gasteiger partial charge in [0, 0.05) is 17.8 Å². The molecule has 0 fully saturated rings. The highest BCUT2D eigenvalue weighted by atomic mass is 31.2. The van der Waals surface area contributed by atoms with Gasteiger partial charge in [0.2, 0.25) is 0 Å². The third-order valence-corrected chi connectivity index (χ3v) is 11.0. The van der Waals surface area contributed by atoms with Gasteiger partial charge in [-0.3, -0.25) is 4.57 Å². The summed E-state index contributed by atoms with van der Waals surface area (Å²) < 4.78 is 40.1. The lowest BCUT2D eigenvalue weighted by Crippen LogP contribution is -2.13. The molecule has 2 heterocycles. The smallest absolute Gasteiger partial charge is 0.361 e. The van der Waals surface area contributed by atoms with Gasteiger partial charge in [0.05, 0.1) is 46.7 Å². The van der Waals surface area contributed by atoms with E-state index in [-0.39, 0.29) is 25.5 Å².